The monoisotopic (exact) mass is 273 g/mol. The molecule has 1 unspecified atom stereocenters. The van der Waals surface area contributed by atoms with Crippen molar-refractivity contribution in [1.82, 2.24) is 5.32 Å². The summed E-state index contributed by atoms with van der Waals surface area (Å²) in [5, 5.41) is 4.77. The Morgan fingerprint density at radius 1 is 1.35 bits per heavy atom. The molecule has 1 heterocycles. The second-order valence-electron chi connectivity index (χ2n) is 5.80. The Morgan fingerprint density at radius 2 is 2.15 bits per heavy atom. The Morgan fingerprint density at radius 3 is 2.80 bits per heavy atom. The maximum absolute atomic E-state index is 6.12. The van der Waals surface area contributed by atoms with Crippen molar-refractivity contribution >= 4 is 11.0 Å². The van der Waals surface area contributed by atoms with E-state index in [0.29, 0.717) is 6.04 Å². The van der Waals surface area contributed by atoms with Crippen molar-refractivity contribution in [2.24, 2.45) is 5.92 Å². The molecule has 3 nitrogen and oxygen atoms in total. The summed E-state index contributed by atoms with van der Waals surface area (Å²) in [5.41, 5.74) is 2.07. The lowest BCUT2D eigenvalue weighted by Crippen LogP contribution is -2.23. The lowest BCUT2D eigenvalue weighted by Gasteiger charge is -2.14. The van der Waals surface area contributed by atoms with Crippen LogP contribution < -0.4 is 10.1 Å². The first-order valence-electron chi connectivity index (χ1n) is 7.54. The second-order valence-corrected chi connectivity index (χ2v) is 5.80. The van der Waals surface area contributed by atoms with E-state index >= 15 is 0 Å². The van der Waals surface area contributed by atoms with Crippen LogP contribution >= 0.6 is 0 Å². The van der Waals surface area contributed by atoms with Crippen LogP contribution in [0.1, 0.15) is 43.6 Å². The van der Waals surface area contributed by atoms with Gasteiger partial charge in [0.25, 0.3) is 0 Å². The van der Waals surface area contributed by atoms with Crippen LogP contribution in [0.3, 0.4) is 0 Å². The maximum Gasteiger partial charge on any atom is 0.176 e. The van der Waals surface area contributed by atoms with Crippen LogP contribution in [0.4, 0.5) is 0 Å². The SMILES string of the molecule is CCCNC(c1cc2cc(C)cc(OC)c2o1)C1CC1. The van der Waals surface area contributed by atoms with Crippen LogP contribution in [0.15, 0.2) is 22.6 Å². The maximum atomic E-state index is 6.12. The van der Waals surface area contributed by atoms with Crippen LogP contribution in [-0.4, -0.2) is 13.7 Å². The van der Waals surface area contributed by atoms with E-state index in [1.807, 2.05) is 6.07 Å². The molecule has 3 heteroatoms. The summed E-state index contributed by atoms with van der Waals surface area (Å²) < 4.78 is 11.6. The highest BCUT2D eigenvalue weighted by Crippen LogP contribution is 2.43. The molecule has 0 radical (unpaired) electrons. The smallest absolute Gasteiger partial charge is 0.176 e. The molecule has 20 heavy (non-hydrogen) atoms. The van der Waals surface area contributed by atoms with Gasteiger partial charge in [-0.25, -0.2) is 0 Å². The van der Waals surface area contributed by atoms with E-state index in [0.717, 1.165) is 41.4 Å². The zero-order valence-electron chi connectivity index (χ0n) is 12.5. The topological polar surface area (TPSA) is 34.4 Å². The number of benzene rings is 1. The van der Waals surface area contributed by atoms with Crippen LogP contribution in [0.2, 0.25) is 0 Å². The first kappa shape index (κ1) is 13.5. The minimum absolute atomic E-state index is 0.354. The fraction of sp³-hybridized carbons (Fsp3) is 0.529. The van der Waals surface area contributed by atoms with E-state index in [1.54, 1.807) is 7.11 Å². The lowest BCUT2D eigenvalue weighted by atomic mass is 10.1. The van der Waals surface area contributed by atoms with Gasteiger partial charge in [0.2, 0.25) is 0 Å². The molecular formula is C17H23NO2. The molecule has 1 aliphatic rings. The number of aryl methyl sites for hydroxylation is 1. The summed E-state index contributed by atoms with van der Waals surface area (Å²) >= 11 is 0. The van der Waals surface area contributed by atoms with Gasteiger partial charge in [0, 0.05) is 5.39 Å². The average Bonchev–Trinajstić information content (AvgIpc) is 3.18. The Kier molecular flexibility index (Phi) is 3.70. The Balaban J connectivity index is 1.98. The fourth-order valence-corrected chi connectivity index (χ4v) is 2.82. The van der Waals surface area contributed by atoms with Gasteiger partial charge in [0.15, 0.2) is 11.3 Å². The molecule has 1 aliphatic carbocycles. The molecule has 1 N–H and O–H groups in total. The third-order valence-electron chi connectivity index (χ3n) is 3.98. The highest BCUT2D eigenvalue weighted by atomic mass is 16.5. The molecule has 1 aromatic carbocycles. The molecule has 0 bridgehead atoms. The minimum atomic E-state index is 0.354. The second kappa shape index (κ2) is 5.49. The van der Waals surface area contributed by atoms with Crippen molar-refractivity contribution in [3.8, 4) is 5.75 Å². The highest BCUT2D eigenvalue weighted by molar-refractivity contribution is 5.84. The van der Waals surface area contributed by atoms with E-state index in [9.17, 15) is 0 Å². The molecule has 0 saturated heterocycles. The van der Waals surface area contributed by atoms with Crippen molar-refractivity contribution in [2.45, 2.75) is 39.2 Å². The molecule has 2 aromatic rings. The van der Waals surface area contributed by atoms with E-state index < -0.39 is 0 Å². The Bertz CT molecular complexity index is 598. The average molecular weight is 273 g/mol. The first-order valence-corrected chi connectivity index (χ1v) is 7.54. The summed E-state index contributed by atoms with van der Waals surface area (Å²) in [4.78, 5) is 0. The predicted octanol–water partition coefficient (Wildman–Crippen LogP) is 4.20. The summed E-state index contributed by atoms with van der Waals surface area (Å²) in [6, 6.07) is 6.72. The third kappa shape index (κ3) is 2.55. The van der Waals surface area contributed by atoms with Gasteiger partial charge in [-0.05, 0) is 62.4 Å². The summed E-state index contributed by atoms with van der Waals surface area (Å²) in [6.07, 6.45) is 3.75. The number of ether oxygens (including phenoxy) is 1. The summed E-state index contributed by atoms with van der Waals surface area (Å²) in [7, 11) is 1.70. The first-order chi connectivity index (χ1) is 9.72. The van der Waals surface area contributed by atoms with Crippen LogP contribution in [0.5, 0.6) is 5.75 Å². The van der Waals surface area contributed by atoms with E-state index in [1.165, 1.54) is 18.4 Å². The van der Waals surface area contributed by atoms with Gasteiger partial charge in [-0.15, -0.1) is 0 Å². The van der Waals surface area contributed by atoms with Gasteiger partial charge in [-0.3, -0.25) is 0 Å². The molecule has 108 valence electrons. The van der Waals surface area contributed by atoms with Gasteiger partial charge < -0.3 is 14.5 Å². The van der Waals surface area contributed by atoms with Crippen molar-refractivity contribution in [2.75, 3.05) is 13.7 Å². The zero-order chi connectivity index (χ0) is 14.1. The number of methoxy groups -OCH3 is 1. The molecule has 1 saturated carbocycles. The number of nitrogens with one attached hydrogen (secondary N) is 1. The molecule has 1 aromatic heterocycles. The number of furan rings is 1. The van der Waals surface area contributed by atoms with Gasteiger partial charge in [0.1, 0.15) is 5.76 Å². The number of hydrogen-bond acceptors (Lipinski definition) is 3. The normalized spacial score (nSPS) is 16.6. The molecule has 3 rings (SSSR count). The number of hydrogen-bond donors (Lipinski definition) is 1. The van der Waals surface area contributed by atoms with Gasteiger partial charge in [-0.1, -0.05) is 6.92 Å². The van der Waals surface area contributed by atoms with Crippen molar-refractivity contribution in [3.63, 3.8) is 0 Å². The Labute approximate surface area is 120 Å². The third-order valence-corrected chi connectivity index (χ3v) is 3.98. The van der Waals surface area contributed by atoms with Crippen LogP contribution in [0.25, 0.3) is 11.0 Å². The van der Waals surface area contributed by atoms with Gasteiger partial charge >= 0.3 is 0 Å². The van der Waals surface area contributed by atoms with E-state index in [2.05, 4.69) is 31.3 Å². The van der Waals surface area contributed by atoms with Gasteiger partial charge in [-0.2, -0.15) is 0 Å². The predicted molar refractivity (Wildman–Crippen MR) is 81.3 cm³/mol. The van der Waals surface area contributed by atoms with Crippen molar-refractivity contribution < 1.29 is 9.15 Å². The lowest BCUT2D eigenvalue weighted by molar-refractivity contribution is 0.380. The van der Waals surface area contributed by atoms with Gasteiger partial charge in [0.05, 0.1) is 13.2 Å². The zero-order valence-corrected chi connectivity index (χ0v) is 12.5. The largest absolute Gasteiger partial charge is 0.493 e. The van der Waals surface area contributed by atoms with Crippen LogP contribution in [0, 0.1) is 12.8 Å². The minimum Gasteiger partial charge on any atom is -0.493 e. The number of rotatable bonds is 6. The molecule has 1 atom stereocenters. The number of fused-ring (bicyclic) bond motifs is 1. The molecule has 1 fully saturated rings. The van der Waals surface area contributed by atoms with E-state index in [-0.39, 0.29) is 0 Å². The molecule has 0 aliphatic heterocycles. The summed E-state index contributed by atoms with van der Waals surface area (Å²) in [5.74, 6) is 2.62. The molecule has 0 amide bonds. The quantitative estimate of drug-likeness (QED) is 0.856. The molecular weight excluding hydrogens is 250 g/mol. The van der Waals surface area contributed by atoms with Crippen LogP contribution in [-0.2, 0) is 0 Å². The fourth-order valence-electron chi connectivity index (χ4n) is 2.82. The van der Waals surface area contributed by atoms with E-state index in [4.69, 9.17) is 9.15 Å². The standard InChI is InChI=1S/C17H23NO2/c1-4-7-18-16(12-5-6-12)14-10-13-8-11(2)9-15(19-3)17(13)20-14/h8-10,12,16,18H,4-7H2,1-3H3. The van der Waals surface area contributed by atoms with Crippen molar-refractivity contribution in [1.29, 1.82) is 0 Å². The summed E-state index contributed by atoms with van der Waals surface area (Å²) in [6.45, 7) is 5.32. The highest BCUT2D eigenvalue weighted by Gasteiger charge is 2.34. The van der Waals surface area contributed by atoms with Crippen molar-refractivity contribution in [3.05, 3.63) is 29.5 Å². The molecule has 0 spiro atoms. The Hall–Kier alpha value is -1.48.